The molecule has 24 heavy (non-hydrogen) atoms. The minimum atomic E-state index is -1.40. The standard InChI is InChI=1S/C18H30N2O3Si/c1-18(2,17(22)23)16(21)19-11-12-20(14-24(3,4)5)13-15-9-7-6-8-10-15/h6-10H,11-14H2,1-5H3,(H,19,21)(H,22,23). The van der Waals surface area contributed by atoms with E-state index < -0.39 is 25.4 Å². The van der Waals surface area contributed by atoms with Crippen molar-refractivity contribution in [2.45, 2.75) is 40.0 Å². The fourth-order valence-corrected chi connectivity index (χ4v) is 3.98. The number of carboxylic acid groups (broad SMARTS) is 1. The summed E-state index contributed by atoms with van der Waals surface area (Å²) in [5.74, 6) is -1.55. The Hall–Kier alpha value is -1.66. The number of nitrogens with one attached hydrogen (secondary N) is 1. The lowest BCUT2D eigenvalue weighted by Crippen LogP contribution is -2.47. The van der Waals surface area contributed by atoms with Gasteiger partial charge in [-0.3, -0.25) is 9.59 Å². The average molecular weight is 351 g/mol. The maximum atomic E-state index is 12.0. The summed E-state index contributed by atoms with van der Waals surface area (Å²) in [6.45, 7) is 11.8. The summed E-state index contributed by atoms with van der Waals surface area (Å²) in [4.78, 5) is 25.5. The van der Waals surface area contributed by atoms with E-state index in [-0.39, 0.29) is 0 Å². The second-order valence-electron chi connectivity index (χ2n) is 7.94. The van der Waals surface area contributed by atoms with Gasteiger partial charge in [0.25, 0.3) is 0 Å². The summed E-state index contributed by atoms with van der Waals surface area (Å²) >= 11 is 0. The van der Waals surface area contributed by atoms with Gasteiger partial charge in [-0.05, 0) is 25.6 Å². The van der Waals surface area contributed by atoms with Gasteiger partial charge in [0.1, 0.15) is 5.41 Å². The third-order valence-electron chi connectivity index (χ3n) is 3.76. The first-order chi connectivity index (χ1) is 11.0. The van der Waals surface area contributed by atoms with Crippen LogP contribution in [0.3, 0.4) is 0 Å². The number of benzene rings is 1. The molecule has 0 unspecified atom stereocenters. The van der Waals surface area contributed by atoms with Crippen molar-refractivity contribution in [1.82, 2.24) is 10.2 Å². The van der Waals surface area contributed by atoms with E-state index in [1.165, 1.54) is 19.4 Å². The highest BCUT2D eigenvalue weighted by Crippen LogP contribution is 2.15. The summed E-state index contributed by atoms with van der Waals surface area (Å²) in [5, 5.41) is 11.9. The zero-order chi connectivity index (χ0) is 18.4. The lowest BCUT2D eigenvalue weighted by atomic mass is 9.93. The topological polar surface area (TPSA) is 69.6 Å². The lowest BCUT2D eigenvalue weighted by Gasteiger charge is -2.29. The van der Waals surface area contributed by atoms with Gasteiger partial charge in [-0.1, -0.05) is 50.0 Å². The van der Waals surface area contributed by atoms with Gasteiger partial charge in [-0.15, -0.1) is 0 Å². The Labute approximate surface area is 146 Å². The van der Waals surface area contributed by atoms with Crippen molar-refractivity contribution in [3.05, 3.63) is 35.9 Å². The van der Waals surface area contributed by atoms with Crippen molar-refractivity contribution in [3.63, 3.8) is 0 Å². The molecule has 0 aromatic heterocycles. The maximum Gasteiger partial charge on any atom is 0.318 e. The van der Waals surface area contributed by atoms with E-state index in [9.17, 15) is 9.59 Å². The molecule has 0 aliphatic rings. The summed E-state index contributed by atoms with van der Waals surface area (Å²) in [6, 6.07) is 10.3. The largest absolute Gasteiger partial charge is 0.480 e. The molecule has 0 aliphatic heterocycles. The molecule has 2 N–H and O–H groups in total. The Morgan fingerprint density at radius 3 is 2.25 bits per heavy atom. The van der Waals surface area contributed by atoms with E-state index in [0.29, 0.717) is 13.1 Å². The van der Waals surface area contributed by atoms with Gasteiger partial charge in [0.05, 0.1) is 8.07 Å². The molecule has 0 saturated carbocycles. The van der Waals surface area contributed by atoms with Gasteiger partial charge in [0.2, 0.25) is 5.91 Å². The number of hydrogen-bond acceptors (Lipinski definition) is 3. The third-order valence-corrected chi connectivity index (χ3v) is 5.16. The van der Waals surface area contributed by atoms with E-state index in [1.54, 1.807) is 0 Å². The fraction of sp³-hybridized carbons (Fsp3) is 0.556. The molecule has 0 spiro atoms. The number of carboxylic acids is 1. The first-order valence-electron chi connectivity index (χ1n) is 8.30. The van der Waals surface area contributed by atoms with E-state index in [0.717, 1.165) is 12.7 Å². The van der Waals surface area contributed by atoms with E-state index in [1.807, 2.05) is 18.2 Å². The molecular weight excluding hydrogens is 320 g/mol. The van der Waals surface area contributed by atoms with Crippen molar-refractivity contribution < 1.29 is 14.7 Å². The highest BCUT2D eigenvalue weighted by Gasteiger charge is 2.35. The van der Waals surface area contributed by atoms with Crippen molar-refractivity contribution in [2.24, 2.45) is 5.41 Å². The summed E-state index contributed by atoms with van der Waals surface area (Å²) in [7, 11) is -1.29. The molecule has 0 heterocycles. The molecule has 6 heteroatoms. The van der Waals surface area contributed by atoms with Gasteiger partial charge in [-0.25, -0.2) is 0 Å². The molecule has 0 radical (unpaired) electrons. The molecular formula is C18H30N2O3Si. The summed E-state index contributed by atoms with van der Waals surface area (Å²) < 4.78 is 0. The highest BCUT2D eigenvalue weighted by atomic mass is 28.3. The van der Waals surface area contributed by atoms with Crippen molar-refractivity contribution in [1.29, 1.82) is 0 Å². The van der Waals surface area contributed by atoms with Crippen LogP contribution < -0.4 is 5.32 Å². The van der Waals surface area contributed by atoms with E-state index in [4.69, 9.17) is 5.11 Å². The zero-order valence-corrected chi connectivity index (χ0v) is 16.4. The molecule has 1 rings (SSSR count). The van der Waals surface area contributed by atoms with Crippen molar-refractivity contribution >= 4 is 20.0 Å². The molecule has 0 fully saturated rings. The Morgan fingerprint density at radius 1 is 1.17 bits per heavy atom. The molecule has 0 bridgehead atoms. The number of amides is 1. The normalized spacial score (nSPS) is 12.2. The molecule has 0 atom stereocenters. The predicted octanol–water partition coefficient (Wildman–Crippen LogP) is 2.59. The van der Waals surface area contributed by atoms with Gasteiger partial charge < -0.3 is 15.3 Å². The molecule has 5 nitrogen and oxygen atoms in total. The van der Waals surface area contributed by atoms with E-state index >= 15 is 0 Å². The number of rotatable bonds is 9. The molecule has 134 valence electrons. The van der Waals surface area contributed by atoms with Crippen LogP contribution in [-0.4, -0.2) is 49.2 Å². The molecule has 0 aliphatic carbocycles. The van der Waals surface area contributed by atoms with Crippen LogP contribution in [0.5, 0.6) is 0 Å². The monoisotopic (exact) mass is 350 g/mol. The van der Waals surface area contributed by atoms with Crippen LogP contribution >= 0.6 is 0 Å². The zero-order valence-electron chi connectivity index (χ0n) is 15.4. The van der Waals surface area contributed by atoms with Crippen molar-refractivity contribution in [2.75, 3.05) is 19.3 Å². The quantitative estimate of drug-likeness (QED) is 0.530. The highest BCUT2D eigenvalue weighted by molar-refractivity contribution is 6.76. The minimum absolute atomic E-state index is 0.442. The van der Waals surface area contributed by atoms with Crippen LogP contribution in [-0.2, 0) is 16.1 Å². The lowest BCUT2D eigenvalue weighted by molar-refractivity contribution is -0.153. The Morgan fingerprint density at radius 2 is 1.75 bits per heavy atom. The van der Waals surface area contributed by atoms with E-state index in [2.05, 4.69) is 42.0 Å². The molecule has 1 aromatic carbocycles. The van der Waals surface area contributed by atoms with Crippen LogP contribution in [0.4, 0.5) is 0 Å². The number of carbonyl (C=O) groups is 2. The van der Waals surface area contributed by atoms with Gasteiger partial charge in [-0.2, -0.15) is 0 Å². The Bertz CT molecular complexity index is 553. The van der Waals surface area contributed by atoms with Crippen LogP contribution in [0.15, 0.2) is 30.3 Å². The number of hydrogen-bond donors (Lipinski definition) is 2. The fourth-order valence-electron chi connectivity index (χ4n) is 2.37. The first-order valence-corrected chi connectivity index (χ1v) is 12.0. The van der Waals surface area contributed by atoms with Crippen LogP contribution in [0, 0.1) is 5.41 Å². The average Bonchev–Trinajstić information content (AvgIpc) is 2.46. The van der Waals surface area contributed by atoms with Gasteiger partial charge in [0.15, 0.2) is 0 Å². The number of nitrogens with zero attached hydrogens (tertiary/aromatic N) is 1. The van der Waals surface area contributed by atoms with Gasteiger partial charge >= 0.3 is 5.97 Å². The Kier molecular flexibility index (Phi) is 7.17. The first kappa shape index (κ1) is 20.4. The van der Waals surface area contributed by atoms with Crippen LogP contribution in [0.2, 0.25) is 19.6 Å². The SMILES string of the molecule is CC(C)(C(=O)O)C(=O)NCCN(Cc1ccccc1)C[Si](C)(C)C. The summed E-state index contributed by atoms with van der Waals surface area (Å²) in [5.41, 5.74) is -0.156. The maximum absolute atomic E-state index is 12.0. The van der Waals surface area contributed by atoms with Gasteiger partial charge in [0, 0.05) is 19.6 Å². The Balaban J connectivity index is 2.62. The second-order valence-corrected chi connectivity index (χ2v) is 13.4. The predicted molar refractivity (Wildman–Crippen MR) is 99.5 cm³/mol. The van der Waals surface area contributed by atoms with Crippen molar-refractivity contribution in [3.8, 4) is 0 Å². The second kappa shape index (κ2) is 8.44. The summed E-state index contributed by atoms with van der Waals surface area (Å²) in [6.07, 6.45) is 1.03. The smallest absolute Gasteiger partial charge is 0.318 e. The molecule has 1 aromatic rings. The van der Waals surface area contributed by atoms with Crippen LogP contribution in [0.25, 0.3) is 0 Å². The third kappa shape index (κ3) is 6.84. The van der Waals surface area contributed by atoms with Crippen LogP contribution in [0.1, 0.15) is 19.4 Å². The molecule has 0 saturated heterocycles. The number of aliphatic carboxylic acids is 1. The molecule has 1 amide bonds. The minimum Gasteiger partial charge on any atom is -0.480 e. The number of carbonyl (C=O) groups excluding carboxylic acids is 1.